The molecular formula is C14H23F2N3O. The molecule has 1 aromatic rings. The van der Waals surface area contributed by atoms with Crippen molar-refractivity contribution < 1.29 is 13.9 Å². The summed E-state index contributed by atoms with van der Waals surface area (Å²) in [5.41, 5.74) is 0. The molecule has 0 aliphatic heterocycles. The number of aliphatic hydroxyl groups excluding tert-OH is 1. The van der Waals surface area contributed by atoms with Crippen molar-refractivity contribution in [1.82, 2.24) is 14.8 Å². The van der Waals surface area contributed by atoms with E-state index in [1.54, 1.807) is 4.68 Å². The summed E-state index contributed by atoms with van der Waals surface area (Å²) in [6.07, 6.45) is 1.79. The van der Waals surface area contributed by atoms with Gasteiger partial charge in [0.15, 0.2) is 0 Å². The van der Waals surface area contributed by atoms with Crippen molar-refractivity contribution in [3.8, 4) is 0 Å². The monoisotopic (exact) mass is 287 g/mol. The van der Waals surface area contributed by atoms with E-state index < -0.39 is 12.0 Å². The Morgan fingerprint density at radius 1 is 1.40 bits per heavy atom. The second kappa shape index (κ2) is 6.16. The SMILES string of the molecule is CC(C)Cn1ncnc1CC(O)C1CCC(F)(F)CC1. The quantitative estimate of drug-likeness (QED) is 0.906. The van der Waals surface area contributed by atoms with Gasteiger partial charge in [-0.3, -0.25) is 0 Å². The summed E-state index contributed by atoms with van der Waals surface area (Å²) in [4.78, 5) is 4.18. The van der Waals surface area contributed by atoms with Crippen molar-refractivity contribution in [3.63, 3.8) is 0 Å². The maximum Gasteiger partial charge on any atom is 0.248 e. The van der Waals surface area contributed by atoms with Crippen LogP contribution in [0.3, 0.4) is 0 Å². The van der Waals surface area contributed by atoms with Crippen LogP contribution in [0.4, 0.5) is 8.78 Å². The normalized spacial score (nSPS) is 21.3. The van der Waals surface area contributed by atoms with Crippen LogP contribution in [0.5, 0.6) is 0 Å². The molecule has 0 saturated heterocycles. The fraction of sp³-hybridized carbons (Fsp3) is 0.857. The van der Waals surface area contributed by atoms with Crippen LogP contribution in [0.1, 0.15) is 45.4 Å². The molecule has 20 heavy (non-hydrogen) atoms. The third kappa shape index (κ3) is 3.98. The zero-order valence-corrected chi connectivity index (χ0v) is 12.1. The Balaban J connectivity index is 1.92. The molecule has 0 radical (unpaired) electrons. The molecule has 1 N–H and O–H groups in total. The third-order valence-corrected chi connectivity index (χ3v) is 3.93. The molecule has 0 spiro atoms. The number of aromatic nitrogens is 3. The van der Waals surface area contributed by atoms with E-state index in [0.717, 1.165) is 12.4 Å². The predicted octanol–water partition coefficient (Wildman–Crippen LogP) is 2.66. The van der Waals surface area contributed by atoms with Gasteiger partial charge in [-0.25, -0.2) is 18.4 Å². The standard InChI is InChI=1S/C14H23F2N3O/c1-10(2)8-19-13(17-9-18-19)7-12(20)11-3-5-14(15,16)6-4-11/h9-12,20H,3-8H2,1-2H3. The van der Waals surface area contributed by atoms with Gasteiger partial charge >= 0.3 is 0 Å². The maximum absolute atomic E-state index is 13.1. The fourth-order valence-corrected chi connectivity index (χ4v) is 2.75. The topological polar surface area (TPSA) is 50.9 Å². The summed E-state index contributed by atoms with van der Waals surface area (Å²) in [5, 5.41) is 14.4. The van der Waals surface area contributed by atoms with Crippen LogP contribution in [0.15, 0.2) is 6.33 Å². The summed E-state index contributed by atoms with van der Waals surface area (Å²) in [7, 11) is 0. The highest BCUT2D eigenvalue weighted by molar-refractivity contribution is 4.91. The average Bonchev–Trinajstić information content (AvgIpc) is 2.75. The molecule has 0 amide bonds. The summed E-state index contributed by atoms with van der Waals surface area (Å²) >= 11 is 0. The van der Waals surface area contributed by atoms with Crippen LogP contribution in [0, 0.1) is 11.8 Å². The van der Waals surface area contributed by atoms with Gasteiger partial charge in [0.05, 0.1) is 6.10 Å². The number of hydrogen-bond donors (Lipinski definition) is 1. The lowest BCUT2D eigenvalue weighted by atomic mass is 9.82. The third-order valence-electron chi connectivity index (χ3n) is 3.93. The highest BCUT2D eigenvalue weighted by Crippen LogP contribution is 2.37. The van der Waals surface area contributed by atoms with Gasteiger partial charge in [-0.2, -0.15) is 5.10 Å². The number of aliphatic hydroxyl groups is 1. The van der Waals surface area contributed by atoms with E-state index in [1.165, 1.54) is 6.33 Å². The molecule has 1 aliphatic carbocycles. The molecule has 1 fully saturated rings. The smallest absolute Gasteiger partial charge is 0.248 e. The van der Waals surface area contributed by atoms with Crippen molar-refractivity contribution in [2.75, 3.05) is 0 Å². The molecule has 2 rings (SSSR count). The molecule has 0 bridgehead atoms. The molecule has 1 aliphatic rings. The Kier molecular flexibility index (Phi) is 4.73. The summed E-state index contributed by atoms with van der Waals surface area (Å²) in [5.74, 6) is -1.42. The van der Waals surface area contributed by atoms with Crippen molar-refractivity contribution in [1.29, 1.82) is 0 Å². The lowest BCUT2D eigenvalue weighted by Crippen LogP contribution is -2.32. The molecular weight excluding hydrogens is 264 g/mol. The van der Waals surface area contributed by atoms with Crippen molar-refractivity contribution in [2.24, 2.45) is 11.8 Å². The van der Waals surface area contributed by atoms with Gasteiger partial charge < -0.3 is 5.11 Å². The van der Waals surface area contributed by atoms with E-state index >= 15 is 0 Å². The summed E-state index contributed by atoms with van der Waals surface area (Å²) in [6.45, 7) is 4.93. The number of rotatable bonds is 5. The van der Waals surface area contributed by atoms with Crippen molar-refractivity contribution in [2.45, 2.75) is 64.5 Å². The first-order chi connectivity index (χ1) is 9.37. The highest BCUT2D eigenvalue weighted by Gasteiger charge is 2.37. The summed E-state index contributed by atoms with van der Waals surface area (Å²) in [6, 6.07) is 0. The van der Waals surface area contributed by atoms with Crippen LogP contribution in [0.25, 0.3) is 0 Å². The number of halogens is 2. The van der Waals surface area contributed by atoms with E-state index in [1.807, 2.05) is 0 Å². The van der Waals surface area contributed by atoms with Crippen molar-refractivity contribution >= 4 is 0 Å². The van der Waals surface area contributed by atoms with Crippen LogP contribution in [0.2, 0.25) is 0 Å². The van der Waals surface area contributed by atoms with E-state index in [2.05, 4.69) is 23.9 Å². The minimum absolute atomic E-state index is 0.0566. The Morgan fingerprint density at radius 2 is 2.05 bits per heavy atom. The van der Waals surface area contributed by atoms with E-state index in [0.29, 0.717) is 25.2 Å². The second-order valence-electron chi connectivity index (χ2n) is 6.22. The van der Waals surface area contributed by atoms with E-state index in [9.17, 15) is 13.9 Å². The predicted molar refractivity (Wildman–Crippen MR) is 71.5 cm³/mol. The molecule has 6 heteroatoms. The summed E-state index contributed by atoms with van der Waals surface area (Å²) < 4.78 is 28.0. The van der Waals surface area contributed by atoms with Gasteiger partial charge in [-0.15, -0.1) is 0 Å². The van der Waals surface area contributed by atoms with Gasteiger partial charge in [0, 0.05) is 25.8 Å². The molecule has 1 heterocycles. The number of nitrogens with zero attached hydrogens (tertiary/aromatic N) is 3. The lowest BCUT2D eigenvalue weighted by molar-refractivity contribution is -0.0622. The van der Waals surface area contributed by atoms with E-state index in [-0.39, 0.29) is 18.8 Å². The van der Waals surface area contributed by atoms with Crippen LogP contribution in [-0.2, 0) is 13.0 Å². The largest absolute Gasteiger partial charge is 0.392 e. The number of alkyl halides is 2. The van der Waals surface area contributed by atoms with Crippen molar-refractivity contribution in [3.05, 3.63) is 12.2 Å². The Bertz CT molecular complexity index is 424. The Morgan fingerprint density at radius 3 is 2.65 bits per heavy atom. The average molecular weight is 287 g/mol. The molecule has 1 aromatic heterocycles. The van der Waals surface area contributed by atoms with Crippen LogP contribution >= 0.6 is 0 Å². The van der Waals surface area contributed by atoms with E-state index in [4.69, 9.17) is 0 Å². The first-order valence-electron chi connectivity index (χ1n) is 7.30. The zero-order chi connectivity index (χ0) is 14.8. The zero-order valence-electron chi connectivity index (χ0n) is 12.1. The Labute approximate surface area is 118 Å². The molecule has 4 nitrogen and oxygen atoms in total. The molecule has 1 unspecified atom stereocenters. The van der Waals surface area contributed by atoms with Crippen LogP contribution in [-0.4, -0.2) is 31.9 Å². The van der Waals surface area contributed by atoms with Gasteiger partial charge in [0.1, 0.15) is 12.2 Å². The molecule has 1 saturated carbocycles. The number of hydrogen-bond acceptors (Lipinski definition) is 3. The van der Waals surface area contributed by atoms with Gasteiger partial charge in [0.2, 0.25) is 5.92 Å². The lowest BCUT2D eigenvalue weighted by Gasteiger charge is -2.31. The first-order valence-corrected chi connectivity index (χ1v) is 7.30. The fourth-order valence-electron chi connectivity index (χ4n) is 2.75. The van der Waals surface area contributed by atoms with Gasteiger partial charge in [0.25, 0.3) is 0 Å². The second-order valence-corrected chi connectivity index (χ2v) is 6.22. The minimum atomic E-state index is -2.55. The molecule has 114 valence electrons. The minimum Gasteiger partial charge on any atom is -0.392 e. The maximum atomic E-state index is 13.1. The van der Waals surface area contributed by atoms with Gasteiger partial charge in [-0.1, -0.05) is 13.8 Å². The molecule has 1 atom stereocenters. The Hall–Kier alpha value is -1.04. The molecule has 0 aromatic carbocycles. The highest BCUT2D eigenvalue weighted by atomic mass is 19.3. The van der Waals surface area contributed by atoms with Crippen LogP contribution < -0.4 is 0 Å². The van der Waals surface area contributed by atoms with Gasteiger partial charge in [-0.05, 0) is 24.7 Å². The first kappa shape index (κ1) is 15.4.